The van der Waals surface area contributed by atoms with Gasteiger partial charge in [-0.1, -0.05) is 22.0 Å². The van der Waals surface area contributed by atoms with Crippen LogP contribution < -0.4 is 10.2 Å². The molecule has 2 aromatic rings. The maximum atomic E-state index is 12.2. The summed E-state index contributed by atoms with van der Waals surface area (Å²) >= 11 is 3.29. The first-order chi connectivity index (χ1) is 9.88. The standard InChI is InChI=1S/C16H17BrN2O2/c1-10-4-6-12(9-14(10)19(2)3)18-16(21)13-8-11(17)5-7-15(13)20/h4-9,20H,1-3H3,(H,18,21). The summed E-state index contributed by atoms with van der Waals surface area (Å²) in [5.74, 6) is -0.391. The van der Waals surface area contributed by atoms with Crippen LogP contribution in [0.2, 0.25) is 0 Å². The van der Waals surface area contributed by atoms with Gasteiger partial charge in [-0.2, -0.15) is 0 Å². The number of aryl methyl sites for hydroxylation is 1. The van der Waals surface area contributed by atoms with Gasteiger partial charge in [0.1, 0.15) is 5.75 Å². The van der Waals surface area contributed by atoms with Crippen molar-refractivity contribution in [3.63, 3.8) is 0 Å². The number of aromatic hydroxyl groups is 1. The van der Waals surface area contributed by atoms with Crippen LogP contribution in [0.1, 0.15) is 15.9 Å². The molecule has 0 saturated carbocycles. The van der Waals surface area contributed by atoms with Crippen molar-refractivity contribution < 1.29 is 9.90 Å². The van der Waals surface area contributed by atoms with E-state index in [-0.39, 0.29) is 17.2 Å². The van der Waals surface area contributed by atoms with Gasteiger partial charge in [-0.05, 0) is 42.8 Å². The Balaban J connectivity index is 2.27. The van der Waals surface area contributed by atoms with Crippen LogP contribution >= 0.6 is 15.9 Å². The van der Waals surface area contributed by atoms with E-state index in [0.29, 0.717) is 5.69 Å². The molecule has 1 amide bonds. The number of carbonyl (C=O) groups excluding carboxylic acids is 1. The Morgan fingerprint density at radius 1 is 1.19 bits per heavy atom. The Kier molecular flexibility index (Phi) is 4.53. The van der Waals surface area contributed by atoms with Crippen LogP contribution in [0.3, 0.4) is 0 Å². The van der Waals surface area contributed by atoms with Gasteiger partial charge in [0.05, 0.1) is 5.56 Å². The summed E-state index contributed by atoms with van der Waals surface area (Å²) in [6.07, 6.45) is 0. The van der Waals surface area contributed by atoms with Crippen molar-refractivity contribution in [2.24, 2.45) is 0 Å². The molecule has 0 spiro atoms. The minimum atomic E-state index is -0.345. The number of hydrogen-bond donors (Lipinski definition) is 2. The summed E-state index contributed by atoms with van der Waals surface area (Å²) < 4.78 is 0.739. The second-order valence-corrected chi connectivity index (χ2v) is 5.93. The summed E-state index contributed by atoms with van der Waals surface area (Å²) in [6, 6.07) is 10.5. The highest BCUT2D eigenvalue weighted by Gasteiger charge is 2.12. The summed E-state index contributed by atoms with van der Waals surface area (Å²) in [7, 11) is 3.90. The highest BCUT2D eigenvalue weighted by Crippen LogP contribution is 2.25. The first-order valence-corrected chi connectivity index (χ1v) is 7.25. The molecule has 0 heterocycles. The van der Waals surface area contributed by atoms with E-state index < -0.39 is 0 Å². The molecule has 21 heavy (non-hydrogen) atoms. The lowest BCUT2D eigenvalue weighted by Gasteiger charge is -2.17. The summed E-state index contributed by atoms with van der Waals surface area (Å²) in [4.78, 5) is 14.2. The quantitative estimate of drug-likeness (QED) is 0.887. The fraction of sp³-hybridized carbons (Fsp3) is 0.188. The molecule has 2 rings (SSSR count). The van der Waals surface area contributed by atoms with Crippen LogP contribution in [0.25, 0.3) is 0 Å². The molecular formula is C16H17BrN2O2. The largest absolute Gasteiger partial charge is 0.507 e. The molecule has 110 valence electrons. The molecule has 2 N–H and O–H groups in total. The molecule has 0 bridgehead atoms. The van der Waals surface area contributed by atoms with Gasteiger partial charge in [-0.25, -0.2) is 0 Å². The SMILES string of the molecule is Cc1ccc(NC(=O)c2cc(Br)ccc2O)cc1N(C)C. The zero-order valence-corrected chi connectivity index (χ0v) is 13.7. The van der Waals surface area contributed by atoms with Gasteiger partial charge in [-0.15, -0.1) is 0 Å². The van der Waals surface area contributed by atoms with Crippen molar-refractivity contribution in [2.75, 3.05) is 24.3 Å². The predicted octanol–water partition coefficient (Wildman–Crippen LogP) is 3.78. The van der Waals surface area contributed by atoms with Gasteiger partial charge in [0, 0.05) is 29.9 Å². The van der Waals surface area contributed by atoms with Crippen LogP contribution in [0.15, 0.2) is 40.9 Å². The number of nitrogens with zero attached hydrogens (tertiary/aromatic N) is 1. The van der Waals surface area contributed by atoms with Crippen molar-refractivity contribution in [2.45, 2.75) is 6.92 Å². The van der Waals surface area contributed by atoms with E-state index in [0.717, 1.165) is 15.7 Å². The number of phenols is 1. The van der Waals surface area contributed by atoms with E-state index in [1.54, 1.807) is 12.1 Å². The molecule has 0 fully saturated rings. The molecule has 0 saturated heterocycles. The Labute approximate surface area is 132 Å². The second kappa shape index (κ2) is 6.18. The maximum absolute atomic E-state index is 12.2. The Bertz CT molecular complexity index is 684. The minimum Gasteiger partial charge on any atom is -0.507 e. The molecule has 5 heteroatoms. The third-order valence-corrected chi connectivity index (χ3v) is 3.65. The number of nitrogens with one attached hydrogen (secondary N) is 1. The summed E-state index contributed by atoms with van der Waals surface area (Å²) in [5.41, 5.74) is 3.08. The Morgan fingerprint density at radius 2 is 1.90 bits per heavy atom. The van der Waals surface area contributed by atoms with E-state index in [1.165, 1.54) is 6.07 Å². The first-order valence-electron chi connectivity index (χ1n) is 6.46. The molecule has 0 aliphatic carbocycles. The number of rotatable bonds is 3. The van der Waals surface area contributed by atoms with Gasteiger partial charge in [0.25, 0.3) is 5.91 Å². The maximum Gasteiger partial charge on any atom is 0.259 e. The van der Waals surface area contributed by atoms with Crippen LogP contribution in [0.4, 0.5) is 11.4 Å². The molecule has 0 radical (unpaired) electrons. The number of carbonyl (C=O) groups is 1. The van der Waals surface area contributed by atoms with Crippen LogP contribution in [-0.4, -0.2) is 25.1 Å². The third-order valence-electron chi connectivity index (χ3n) is 3.15. The Hall–Kier alpha value is -2.01. The fourth-order valence-electron chi connectivity index (χ4n) is 2.06. The number of phenolic OH excluding ortho intramolecular Hbond substituents is 1. The topological polar surface area (TPSA) is 52.6 Å². The number of benzene rings is 2. The molecular weight excluding hydrogens is 332 g/mol. The molecule has 0 unspecified atom stereocenters. The number of anilines is 2. The zero-order chi connectivity index (χ0) is 15.6. The van der Waals surface area contributed by atoms with Gasteiger partial charge < -0.3 is 15.3 Å². The number of halogens is 1. The highest BCUT2D eigenvalue weighted by molar-refractivity contribution is 9.10. The van der Waals surface area contributed by atoms with Crippen molar-refractivity contribution >= 4 is 33.2 Å². The second-order valence-electron chi connectivity index (χ2n) is 5.01. The normalized spacial score (nSPS) is 10.3. The highest BCUT2D eigenvalue weighted by atomic mass is 79.9. The lowest BCUT2D eigenvalue weighted by molar-refractivity contribution is 0.102. The van der Waals surface area contributed by atoms with E-state index in [1.807, 2.05) is 44.1 Å². The molecule has 4 nitrogen and oxygen atoms in total. The summed E-state index contributed by atoms with van der Waals surface area (Å²) in [5, 5.41) is 12.6. The van der Waals surface area contributed by atoms with E-state index in [4.69, 9.17) is 0 Å². The van der Waals surface area contributed by atoms with Crippen molar-refractivity contribution in [3.8, 4) is 5.75 Å². The van der Waals surface area contributed by atoms with Crippen molar-refractivity contribution in [3.05, 3.63) is 52.0 Å². The lowest BCUT2D eigenvalue weighted by Crippen LogP contribution is -2.14. The van der Waals surface area contributed by atoms with E-state index >= 15 is 0 Å². The van der Waals surface area contributed by atoms with Crippen LogP contribution in [0, 0.1) is 6.92 Å². The zero-order valence-electron chi connectivity index (χ0n) is 12.1. The van der Waals surface area contributed by atoms with E-state index in [9.17, 15) is 9.90 Å². The lowest BCUT2D eigenvalue weighted by atomic mass is 10.1. The van der Waals surface area contributed by atoms with Gasteiger partial charge >= 0.3 is 0 Å². The van der Waals surface area contributed by atoms with E-state index in [2.05, 4.69) is 21.2 Å². The average molecular weight is 349 g/mol. The van der Waals surface area contributed by atoms with Gasteiger partial charge in [0.15, 0.2) is 0 Å². The van der Waals surface area contributed by atoms with Crippen molar-refractivity contribution in [1.82, 2.24) is 0 Å². The molecule has 0 aliphatic rings. The monoisotopic (exact) mass is 348 g/mol. The first kappa shape index (κ1) is 15.4. The fourth-order valence-corrected chi connectivity index (χ4v) is 2.42. The smallest absolute Gasteiger partial charge is 0.259 e. The predicted molar refractivity (Wildman–Crippen MR) is 89.3 cm³/mol. The number of amides is 1. The number of hydrogen-bond acceptors (Lipinski definition) is 3. The van der Waals surface area contributed by atoms with Crippen molar-refractivity contribution in [1.29, 1.82) is 0 Å². The van der Waals surface area contributed by atoms with Gasteiger partial charge in [0.2, 0.25) is 0 Å². The third kappa shape index (κ3) is 3.55. The molecule has 0 aromatic heterocycles. The van der Waals surface area contributed by atoms with Crippen LogP contribution in [-0.2, 0) is 0 Å². The average Bonchev–Trinajstić information content (AvgIpc) is 2.43. The van der Waals surface area contributed by atoms with Crippen LogP contribution in [0.5, 0.6) is 5.75 Å². The molecule has 2 aromatic carbocycles. The Morgan fingerprint density at radius 3 is 2.57 bits per heavy atom. The summed E-state index contributed by atoms with van der Waals surface area (Å²) in [6.45, 7) is 2.01. The van der Waals surface area contributed by atoms with Gasteiger partial charge in [-0.3, -0.25) is 4.79 Å². The molecule has 0 aliphatic heterocycles. The molecule has 0 atom stereocenters. The minimum absolute atomic E-state index is 0.0457.